The van der Waals surface area contributed by atoms with Crippen LogP contribution in [0.1, 0.15) is 47.4 Å². The molecular formula is C14H20O6. The monoisotopic (exact) mass is 284 g/mol. The van der Waals surface area contributed by atoms with Crippen LogP contribution >= 0.6 is 0 Å². The molecule has 112 valence electrons. The Bertz CT molecular complexity index is 391. The highest BCUT2D eigenvalue weighted by molar-refractivity contribution is 5.91. The van der Waals surface area contributed by atoms with Gasteiger partial charge in [0.15, 0.2) is 6.29 Å². The molecule has 0 heterocycles. The van der Waals surface area contributed by atoms with Gasteiger partial charge in [0.2, 0.25) is 0 Å². The predicted octanol–water partition coefficient (Wildman–Crippen LogP) is 1.82. The molecule has 4 N–H and O–H groups in total. The molecule has 1 aromatic carbocycles. The first-order chi connectivity index (χ1) is 9.27. The van der Waals surface area contributed by atoms with E-state index in [2.05, 4.69) is 0 Å². The van der Waals surface area contributed by atoms with Crippen molar-refractivity contribution in [2.24, 2.45) is 5.92 Å². The van der Waals surface area contributed by atoms with Crippen molar-refractivity contribution in [1.82, 2.24) is 0 Å². The van der Waals surface area contributed by atoms with Crippen LogP contribution in [-0.2, 0) is 0 Å². The zero-order valence-electron chi connectivity index (χ0n) is 11.5. The highest BCUT2D eigenvalue weighted by Gasteiger charge is 2.05. The Labute approximate surface area is 117 Å². The Balaban J connectivity index is 0.000000396. The number of aliphatic hydroxyl groups is 2. The molecule has 0 saturated heterocycles. The number of carboxylic acids is 2. The summed E-state index contributed by atoms with van der Waals surface area (Å²) >= 11 is 0. The molecule has 0 aromatic heterocycles. The Kier molecular flexibility index (Phi) is 8.19. The van der Waals surface area contributed by atoms with E-state index in [1.165, 1.54) is 24.3 Å². The van der Waals surface area contributed by atoms with Crippen LogP contribution in [0, 0.1) is 5.92 Å². The molecule has 6 nitrogen and oxygen atoms in total. The highest BCUT2D eigenvalue weighted by atomic mass is 16.5. The van der Waals surface area contributed by atoms with Gasteiger partial charge in [0.1, 0.15) is 0 Å². The maximum atomic E-state index is 10.3. The fourth-order valence-electron chi connectivity index (χ4n) is 1.28. The number of carboxylic acid groups (broad SMARTS) is 2. The van der Waals surface area contributed by atoms with Crippen molar-refractivity contribution >= 4 is 11.9 Å². The smallest absolute Gasteiger partial charge is 0.335 e. The number of hydrogen-bond acceptors (Lipinski definition) is 4. The SMILES string of the molecule is CCC(C)CC(O)O.O=C(O)c1ccc(C(=O)O)cc1. The van der Waals surface area contributed by atoms with E-state index in [4.69, 9.17) is 20.4 Å². The quantitative estimate of drug-likeness (QED) is 0.613. The van der Waals surface area contributed by atoms with E-state index in [1.54, 1.807) is 0 Å². The number of rotatable bonds is 5. The van der Waals surface area contributed by atoms with Crippen molar-refractivity contribution in [3.8, 4) is 0 Å². The van der Waals surface area contributed by atoms with Crippen LogP contribution in [0.25, 0.3) is 0 Å². The first kappa shape index (κ1) is 18.1. The van der Waals surface area contributed by atoms with Crippen LogP contribution in [-0.4, -0.2) is 38.7 Å². The van der Waals surface area contributed by atoms with Crippen LogP contribution in [0.15, 0.2) is 24.3 Å². The van der Waals surface area contributed by atoms with Crippen LogP contribution in [0.2, 0.25) is 0 Å². The summed E-state index contributed by atoms with van der Waals surface area (Å²) in [6.07, 6.45) is 0.388. The van der Waals surface area contributed by atoms with E-state index in [-0.39, 0.29) is 11.1 Å². The molecule has 0 bridgehead atoms. The van der Waals surface area contributed by atoms with Gasteiger partial charge in [0.25, 0.3) is 0 Å². The molecule has 1 atom stereocenters. The maximum absolute atomic E-state index is 10.3. The molecule has 1 unspecified atom stereocenters. The molecular weight excluding hydrogens is 264 g/mol. The Hall–Kier alpha value is -1.92. The van der Waals surface area contributed by atoms with Crippen molar-refractivity contribution in [2.45, 2.75) is 33.0 Å². The molecule has 0 spiro atoms. The van der Waals surface area contributed by atoms with Gasteiger partial charge >= 0.3 is 11.9 Å². The van der Waals surface area contributed by atoms with Crippen LogP contribution < -0.4 is 0 Å². The van der Waals surface area contributed by atoms with E-state index < -0.39 is 18.2 Å². The van der Waals surface area contributed by atoms with Crippen molar-refractivity contribution < 1.29 is 30.0 Å². The van der Waals surface area contributed by atoms with Gasteiger partial charge in [0.05, 0.1) is 11.1 Å². The number of aromatic carboxylic acids is 2. The van der Waals surface area contributed by atoms with Crippen molar-refractivity contribution in [2.75, 3.05) is 0 Å². The number of hydrogen-bond donors (Lipinski definition) is 4. The number of benzene rings is 1. The highest BCUT2D eigenvalue weighted by Crippen LogP contribution is 2.07. The summed E-state index contributed by atoms with van der Waals surface area (Å²) in [4.78, 5) is 20.7. The van der Waals surface area contributed by atoms with Gasteiger partial charge in [0, 0.05) is 6.42 Å². The molecule has 0 aliphatic carbocycles. The van der Waals surface area contributed by atoms with Crippen molar-refractivity contribution in [1.29, 1.82) is 0 Å². The first-order valence-corrected chi connectivity index (χ1v) is 6.20. The van der Waals surface area contributed by atoms with Gasteiger partial charge in [-0.25, -0.2) is 9.59 Å². The minimum atomic E-state index is -1.12. The van der Waals surface area contributed by atoms with Gasteiger partial charge < -0.3 is 20.4 Å². The van der Waals surface area contributed by atoms with Gasteiger partial charge in [-0.05, 0) is 30.2 Å². The topological polar surface area (TPSA) is 115 Å². The molecule has 0 saturated carbocycles. The maximum Gasteiger partial charge on any atom is 0.335 e. The van der Waals surface area contributed by atoms with Gasteiger partial charge in [-0.15, -0.1) is 0 Å². The molecule has 0 aliphatic heterocycles. The minimum absolute atomic E-state index is 0.0833. The van der Waals surface area contributed by atoms with Crippen LogP contribution in [0.5, 0.6) is 0 Å². The lowest BCUT2D eigenvalue weighted by Gasteiger charge is -2.08. The third-order valence-corrected chi connectivity index (χ3v) is 2.69. The third-order valence-electron chi connectivity index (χ3n) is 2.69. The summed E-state index contributed by atoms with van der Waals surface area (Å²) in [6.45, 7) is 4.03. The molecule has 0 aliphatic rings. The molecule has 6 heteroatoms. The average Bonchev–Trinajstić information content (AvgIpc) is 2.38. The normalized spacial score (nSPS) is 11.4. The van der Waals surface area contributed by atoms with Gasteiger partial charge in [-0.3, -0.25) is 0 Å². The summed E-state index contributed by atoms with van der Waals surface area (Å²) in [6, 6.07) is 5.02. The number of carbonyl (C=O) groups is 2. The molecule has 1 rings (SSSR count). The van der Waals surface area contributed by atoms with E-state index in [1.807, 2.05) is 13.8 Å². The van der Waals surface area contributed by atoms with Crippen LogP contribution in [0.3, 0.4) is 0 Å². The fraction of sp³-hybridized carbons (Fsp3) is 0.429. The Morgan fingerprint density at radius 3 is 1.50 bits per heavy atom. The molecule has 0 amide bonds. The van der Waals surface area contributed by atoms with E-state index in [9.17, 15) is 9.59 Å². The third kappa shape index (κ3) is 7.50. The first-order valence-electron chi connectivity index (χ1n) is 6.20. The summed E-state index contributed by atoms with van der Waals surface area (Å²) in [7, 11) is 0. The zero-order chi connectivity index (χ0) is 15.7. The Morgan fingerprint density at radius 2 is 1.35 bits per heavy atom. The van der Waals surface area contributed by atoms with Crippen LogP contribution in [0.4, 0.5) is 0 Å². The number of aliphatic hydroxyl groups excluding tert-OH is 1. The fourth-order valence-corrected chi connectivity index (χ4v) is 1.28. The second kappa shape index (κ2) is 9.06. The summed E-state index contributed by atoms with van der Waals surface area (Å²) in [5, 5.41) is 33.8. The zero-order valence-corrected chi connectivity index (χ0v) is 11.5. The standard InChI is InChI=1S/C8H6O4.C6H14O2/c9-7(10)5-1-2-6(4-3-5)8(11)12;1-3-5(2)4-6(7)8/h1-4H,(H,9,10)(H,11,12);5-8H,3-4H2,1-2H3. The van der Waals surface area contributed by atoms with Gasteiger partial charge in [-0.2, -0.15) is 0 Å². The summed E-state index contributed by atoms with van der Waals surface area (Å²) in [5.74, 6) is -1.70. The van der Waals surface area contributed by atoms with E-state index in [0.717, 1.165) is 6.42 Å². The minimum Gasteiger partial charge on any atom is -0.478 e. The molecule has 20 heavy (non-hydrogen) atoms. The second-order valence-electron chi connectivity index (χ2n) is 4.42. The van der Waals surface area contributed by atoms with E-state index >= 15 is 0 Å². The lowest BCUT2D eigenvalue weighted by atomic mass is 10.1. The average molecular weight is 284 g/mol. The van der Waals surface area contributed by atoms with Crippen molar-refractivity contribution in [3.63, 3.8) is 0 Å². The summed E-state index contributed by atoms with van der Waals surface area (Å²) in [5.41, 5.74) is 0.167. The van der Waals surface area contributed by atoms with Gasteiger partial charge in [-0.1, -0.05) is 20.3 Å². The second-order valence-corrected chi connectivity index (χ2v) is 4.42. The Morgan fingerprint density at radius 1 is 1.00 bits per heavy atom. The van der Waals surface area contributed by atoms with E-state index in [0.29, 0.717) is 12.3 Å². The lowest BCUT2D eigenvalue weighted by Crippen LogP contribution is -2.09. The largest absolute Gasteiger partial charge is 0.478 e. The summed E-state index contributed by atoms with van der Waals surface area (Å²) < 4.78 is 0. The molecule has 0 radical (unpaired) electrons. The predicted molar refractivity (Wildman–Crippen MR) is 72.7 cm³/mol. The molecule has 0 fully saturated rings. The molecule has 1 aromatic rings. The van der Waals surface area contributed by atoms with Crippen molar-refractivity contribution in [3.05, 3.63) is 35.4 Å². The lowest BCUT2D eigenvalue weighted by molar-refractivity contribution is -0.0547.